The first-order valence-electron chi connectivity index (χ1n) is 10.5. The highest BCUT2D eigenvalue weighted by atomic mass is 16.4. The summed E-state index contributed by atoms with van der Waals surface area (Å²) >= 11 is 0. The molecule has 8 heteroatoms. The number of rotatable bonds is 1. The molecule has 0 aliphatic rings. The maximum Gasteiger partial charge on any atom is 0.339 e. The molecule has 0 aromatic heterocycles. The molecule has 4 rings (SSSR count). The van der Waals surface area contributed by atoms with Gasteiger partial charge in [0, 0.05) is 11.9 Å². The van der Waals surface area contributed by atoms with Crippen molar-refractivity contribution in [2.45, 2.75) is 20.8 Å². The van der Waals surface area contributed by atoms with Gasteiger partial charge in [0.2, 0.25) is 0 Å². The Morgan fingerprint density at radius 1 is 0.639 bits per heavy atom. The molecule has 190 valence electrons. The summed E-state index contributed by atoms with van der Waals surface area (Å²) in [5.74, 6) is -3.14. The van der Waals surface area contributed by atoms with Crippen LogP contribution in [0, 0.1) is 6.92 Å². The van der Waals surface area contributed by atoms with Crippen molar-refractivity contribution >= 4 is 28.7 Å². The normalized spacial score (nSPS) is 8.75. The minimum atomic E-state index is -1.11. The second-order valence-electron chi connectivity index (χ2n) is 6.99. The van der Waals surface area contributed by atoms with Gasteiger partial charge >= 0.3 is 5.97 Å². The van der Waals surface area contributed by atoms with Gasteiger partial charge in [0.1, 0.15) is 17.1 Å². The number of carbonyl (C=O) groups excluding carboxylic acids is 2. The Hall–Kier alpha value is -4.85. The Morgan fingerprint density at radius 3 is 1.28 bits per heavy atom. The number of aliphatic carboxylic acids is 2. The zero-order valence-corrected chi connectivity index (χ0v) is 20.1. The minimum Gasteiger partial charge on any atom is -0.550 e. The Morgan fingerprint density at radius 2 is 1.00 bits per heavy atom. The molecule has 0 fully saturated rings. The quantitative estimate of drug-likeness (QED) is 0.366. The first-order valence-corrected chi connectivity index (χ1v) is 10.5. The van der Waals surface area contributed by atoms with E-state index in [2.05, 4.69) is 48.5 Å². The molecule has 0 atom stereocenters. The highest BCUT2D eigenvalue weighted by Crippen LogP contribution is 2.17. The zero-order chi connectivity index (χ0) is 27.5. The number of aromatic hydroxyl groups is 2. The number of hydrogen-bond donors (Lipinski definition) is 3. The fraction of sp³-hybridized carbons (Fsp3) is 0.107. The number of phenols is 2. The molecule has 0 bridgehead atoms. The number of phenolic OH excluding ortho intramolecular Hbond substituents is 1. The summed E-state index contributed by atoms with van der Waals surface area (Å²) in [4.78, 5) is 28.2. The van der Waals surface area contributed by atoms with E-state index < -0.39 is 17.9 Å². The van der Waals surface area contributed by atoms with Gasteiger partial charge < -0.3 is 35.1 Å². The van der Waals surface area contributed by atoms with E-state index in [1.165, 1.54) is 22.9 Å². The van der Waals surface area contributed by atoms with Crippen LogP contribution in [0.4, 0.5) is 0 Å². The number of aryl methyl sites for hydroxylation is 1. The maximum absolute atomic E-state index is 10.4. The Bertz CT molecular complexity index is 1140. The van der Waals surface area contributed by atoms with E-state index in [4.69, 9.17) is 35.1 Å². The van der Waals surface area contributed by atoms with E-state index in [0.717, 1.165) is 19.4 Å². The lowest BCUT2D eigenvalue weighted by Crippen LogP contribution is -2.16. The molecule has 0 spiro atoms. The van der Waals surface area contributed by atoms with Crippen molar-refractivity contribution in [3.63, 3.8) is 0 Å². The summed E-state index contributed by atoms with van der Waals surface area (Å²) in [7, 11) is 0. The SMILES string of the molecule is CC(=O)[O-].CC(=O)[O-].Cc1ccc(O)c(C(=O)O)c1.Oc1ccccc1.c1ccc2ccccc2c1. The first-order chi connectivity index (χ1) is 16.9. The molecular formula is C28H28O8-2. The van der Waals surface area contributed by atoms with Crippen LogP contribution in [-0.2, 0) is 9.59 Å². The van der Waals surface area contributed by atoms with Crippen LogP contribution in [0.1, 0.15) is 29.8 Å². The Labute approximate surface area is 209 Å². The van der Waals surface area contributed by atoms with Crippen molar-refractivity contribution in [3.8, 4) is 11.5 Å². The molecule has 0 aliphatic heterocycles. The zero-order valence-electron chi connectivity index (χ0n) is 20.1. The highest BCUT2D eigenvalue weighted by Gasteiger charge is 2.07. The molecule has 3 N–H and O–H groups in total. The standard InChI is InChI=1S/C10H8.C8H8O3.C6H6O.2C2H4O2/c1-2-6-10-8-4-3-7-9(10)5-1;1-5-2-3-7(9)6(4-5)8(10)11;7-6-4-2-1-3-5-6;2*1-2(3)4/h1-8H;2-4,9H,1H3,(H,10,11);1-5,7H;2*1H3,(H,3,4)/p-2. The fourth-order valence-electron chi connectivity index (χ4n) is 2.38. The molecule has 0 saturated carbocycles. The molecule has 4 aromatic rings. The molecule has 0 aliphatic carbocycles. The number of carboxylic acid groups (broad SMARTS) is 3. The van der Waals surface area contributed by atoms with Gasteiger partial charge in [-0.25, -0.2) is 4.79 Å². The molecule has 0 unspecified atom stereocenters. The van der Waals surface area contributed by atoms with Crippen LogP contribution in [0.25, 0.3) is 10.8 Å². The fourth-order valence-corrected chi connectivity index (χ4v) is 2.38. The highest BCUT2D eigenvalue weighted by molar-refractivity contribution is 5.90. The van der Waals surface area contributed by atoms with Crippen molar-refractivity contribution in [1.82, 2.24) is 0 Å². The maximum atomic E-state index is 10.4. The summed E-state index contributed by atoms with van der Waals surface area (Å²) in [5, 5.41) is 46.6. The third kappa shape index (κ3) is 15.9. The molecule has 36 heavy (non-hydrogen) atoms. The van der Waals surface area contributed by atoms with Gasteiger partial charge in [-0.1, -0.05) is 78.4 Å². The van der Waals surface area contributed by atoms with E-state index in [9.17, 15) is 4.79 Å². The van der Waals surface area contributed by atoms with E-state index in [1.807, 2.05) is 6.07 Å². The molecule has 0 radical (unpaired) electrons. The third-order valence-electron chi connectivity index (χ3n) is 3.80. The molecule has 0 amide bonds. The average Bonchev–Trinajstić information content (AvgIpc) is 2.81. The van der Waals surface area contributed by atoms with Gasteiger partial charge in [0.15, 0.2) is 0 Å². The van der Waals surface area contributed by atoms with Crippen molar-refractivity contribution in [3.05, 3.63) is 108 Å². The molecule has 8 nitrogen and oxygen atoms in total. The number of para-hydroxylation sites is 1. The summed E-state index contributed by atoms with van der Waals surface area (Å²) in [5.41, 5.74) is 0.769. The first kappa shape index (κ1) is 31.1. The predicted molar refractivity (Wildman–Crippen MR) is 133 cm³/mol. The van der Waals surface area contributed by atoms with Gasteiger partial charge in [-0.05, 0) is 55.8 Å². The number of fused-ring (bicyclic) bond motifs is 1. The van der Waals surface area contributed by atoms with E-state index in [0.29, 0.717) is 5.75 Å². The largest absolute Gasteiger partial charge is 0.550 e. The summed E-state index contributed by atoms with van der Waals surface area (Å²) in [6.07, 6.45) is 0. The van der Waals surface area contributed by atoms with Gasteiger partial charge in [-0.3, -0.25) is 0 Å². The van der Waals surface area contributed by atoms with Crippen LogP contribution in [0.15, 0.2) is 97.1 Å². The average molecular weight is 493 g/mol. The van der Waals surface area contributed by atoms with Crippen LogP contribution in [-0.4, -0.2) is 33.2 Å². The van der Waals surface area contributed by atoms with Gasteiger partial charge in [0.05, 0.1) is 0 Å². The molecule has 0 heterocycles. The van der Waals surface area contributed by atoms with Crippen LogP contribution in [0.2, 0.25) is 0 Å². The summed E-state index contributed by atoms with van der Waals surface area (Å²) in [6.45, 7) is 3.71. The van der Waals surface area contributed by atoms with Crippen molar-refractivity contribution < 1.29 is 39.9 Å². The number of aromatic carboxylic acids is 1. The smallest absolute Gasteiger partial charge is 0.339 e. The minimum absolute atomic E-state index is 0.0509. The Kier molecular flexibility index (Phi) is 15.2. The number of carbonyl (C=O) groups is 3. The monoisotopic (exact) mass is 492 g/mol. The Balaban J connectivity index is 0.000000452. The molecule has 4 aromatic carbocycles. The lowest BCUT2D eigenvalue weighted by atomic mass is 10.1. The van der Waals surface area contributed by atoms with Gasteiger partial charge in [0.25, 0.3) is 0 Å². The molecular weight excluding hydrogens is 464 g/mol. The number of benzene rings is 4. The summed E-state index contributed by atoms with van der Waals surface area (Å²) in [6, 6.07) is 29.9. The van der Waals surface area contributed by atoms with E-state index in [1.54, 1.807) is 37.3 Å². The second-order valence-corrected chi connectivity index (χ2v) is 6.99. The third-order valence-corrected chi connectivity index (χ3v) is 3.80. The van der Waals surface area contributed by atoms with Crippen LogP contribution >= 0.6 is 0 Å². The molecule has 0 saturated heterocycles. The van der Waals surface area contributed by atoms with E-state index in [-0.39, 0.29) is 11.3 Å². The van der Waals surface area contributed by atoms with E-state index >= 15 is 0 Å². The van der Waals surface area contributed by atoms with Gasteiger partial charge in [-0.15, -0.1) is 0 Å². The number of carboxylic acids is 3. The summed E-state index contributed by atoms with van der Waals surface area (Å²) < 4.78 is 0. The van der Waals surface area contributed by atoms with Gasteiger partial charge in [-0.2, -0.15) is 0 Å². The lowest BCUT2D eigenvalue weighted by molar-refractivity contribution is -0.303. The van der Waals surface area contributed by atoms with Crippen LogP contribution < -0.4 is 10.2 Å². The lowest BCUT2D eigenvalue weighted by Gasteiger charge is -1.98. The van der Waals surface area contributed by atoms with Crippen molar-refractivity contribution in [2.24, 2.45) is 0 Å². The number of hydrogen-bond acceptors (Lipinski definition) is 7. The van der Waals surface area contributed by atoms with Crippen molar-refractivity contribution in [2.75, 3.05) is 0 Å². The van der Waals surface area contributed by atoms with Crippen molar-refractivity contribution in [1.29, 1.82) is 0 Å². The van der Waals surface area contributed by atoms with Crippen LogP contribution in [0.3, 0.4) is 0 Å². The van der Waals surface area contributed by atoms with Crippen LogP contribution in [0.5, 0.6) is 11.5 Å². The topological polar surface area (TPSA) is 158 Å². The second kappa shape index (κ2) is 17.6. The predicted octanol–water partition coefficient (Wildman–Crippen LogP) is 3.14.